The zero-order valence-electron chi connectivity index (χ0n) is 11.2. The molecule has 4 nitrogen and oxygen atoms in total. The van der Waals surface area contributed by atoms with E-state index in [1.54, 1.807) is 12.3 Å². The molecule has 1 unspecified atom stereocenters. The highest BCUT2D eigenvalue weighted by atomic mass is 79.9. The van der Waals surface area contributed by atoms with Gasteiger partial charge in [-0.05, 0) is 30.7 Å². The second-order valence-corrected chi connectivity index (χ2v) is 5.33. The maximum absolute atomic E-state index is 11.7. The summed E-state index contributed by atoms with van der Waals surface area (Å²) in [6, 6.07) is 11.7. The van der Waals surface area contributed by atoms with Crippen LogP contribution in [-0.4, -0.2) is 12.5 Å². The molecule has 2 aromatic rings. The summed E-state index contributed by atoms with van der Waals surface area (Å²) in [5.41, 5.74) is 1.13. The Labute approximate surface area is 126 Å². The third-order valence-corrected chi connectivity index (χ3v) is 3.70. The van der Waals surface area contributed by atoms with Crippen LogP contribution in [0.1, 0.15) is 24.3 Å². The van der Waals surface area contributed by atoms with Crippen LogP contribution in [0.15, 0.2) is 51.6 Å². The second kappa shape index (κ2) is 7.26. The molecule has 0 aliphatic carbocycles. The minimum Gasteiger partial charge on any atom is -0.467 e. The molecule has 0 radical (unpaired) electrons. The average Bonchev–Trinajstić information content (AvgIpc) is 2.96. The predicted octanol–water partition coefficient (Wildman–Crippen LogP) is 3.01. The Morgan fingerprint density at radius 1 is 1.30 bits per heavy atom. The van der Waals surface area contributed by atoms with Crippen LogP contribution in [0.2, 0.25) is 0 Å². The van der Waals surface area contributed by atoms with Gasteiger partial charge in [0.2, 0.25) is 5.91 Å². The van der Waals surface area contributed by atoms with E-state index in [2.05, 4.69) is 26.6 Å². The molecule has 0 saturated carbocycles. The molecule has 0 bridgehead atoms. The monoisotopic (exact) mass is 336 g/mol. The van der Waals surface area contributed by atoms with Gasteiger partial charge in [0.1, 0.15) is 5.76 Å². The molecule has 1 aromatic carbocycles. The molecule has 20 heavy (non-hydrogen) atoms. The first-order valence-corrected chi connectivity index (χ1v) is 7.23. The van der Waals surface area contributed by atoms with Gasteiger partial charge < -0.3 is 15.1 Å². The molecular weight excluding hydrogens is 320 g/mol. The fraction of sp³-hybridized carbons (Fsp3) is 0.267. The fourth-order valence-corrected chi connectivity index (χ4v) is 2.47. The van der Waals surface area contributed by atoms with Crippen molar-refractivity contribution in [1.82, 2.24) is 10.6 Å². The molecule has 1 aromatic heterocycles. The molecule has 1 amide bonds. The lowest BCUT2D eigenvalue weighted by atomic mass is 10.1. The summed E-state index contributed by atoms with van der Waals surface area (Å²) in [6.45, 7) is 2.71. The highest BCUT2D eigenvalue weighted by Gasteiger charge is 2.10. The van der Waals surface area contributed by atoms with E-state index < -0.39 is 0 Å². The summed E-state index contributed by atoms with van der Waals surface area (Å²) in [4.78, 5) is 11.7. The second-order valence-electron chi connectivity index (χ2n) is 4.48. The first kappa shape index (κ1) is 14.8. The van der Waals surface area contributed by atoms with Gasteiger partial charge in [-0.25, -0.2) is 0 Å². The first-order chi connectivity index (χ1) is 9.66. The Kier molecular flexibility index (Phi) is 5.38. The van der Waals surface area contributed by atoms with Crippen LogP contribution >= 0.6 is 15.9 Å². The van der Waals surface area contributed by atoms with Crippen LogP contribution in [0.3, 0.4) is 0 Å². The molecule has 0 spiro atoms. The van der Waals surface area contributed by atoms with Crippen LogP contribution in [0.4, 0.5) is 0 Å². The molecule has 0 aliphatic heterocycles. The molecule has 0 saturated heterocycles. The molecular formula is C15H17BrN2O2. The highest BCUT2D eigenvalue weighted by molar-refractivity contribution is 9.10. The predicted molar refractivity (Wildman–Crippen MR) is 81.1 cm³/mol. The van der Waals surface area contributed by atoms with Gasteiger partial charge >= 0.3 is 0 Å². The van der Waals surface area contributed by atoms with E-state index in [9.17, 15) is 4.79 Å². The Morgan fingerprint density at radius 2 is 2.10 bits per heavy atom. The number of halogens is 1. The van der Waals surface area contributed by atoms with Gasteiger partial charge in [-0.15, -0.1) is 0 Å². The van der Waals surface area contributed by atoms with Crippen molar-refractivity contribution in [3.05, 3.63) is 58.5 Å². The molecule has 2 N–H and O–H groups in total. The smallest absolute Gasteiger partial charge is 0.234 e. The Balaban J connectivity index is 1.77. The maximum Gasteiger partial charge on any atom is 0.234 e. The SMILES string of the molecule is CC(NCC(=O)NCc1ccco1)c1ccccc1Br. The van der Waals surface area contributed by atoms with Gasteiger partial charge in [0.15, 0.2) is 0 Å². The van der Waals surface area contributed by atoms with Crippen LogP contribution in [-0.2, 0) is 11.3 Å². The van der Waals surface area contributed by atoms with Crippen molar-refractivity contribution in [1.29, 1.82) is 0 Å². The van der Waals surface area contributed by atoms with E-state index in [-0.39, 0.29) is 18.5 Å². The summed E-state index contributed by atoms with van der Waals surface area (Å²) >= 11 is 3.51. The van der Waals surface area contributed by atoms with Gasteiger partial charge in [0, 0.05) is 10.5 Å². The van der Waals surface area contributed by atoms with E-state index in [0.717, 1.165) is 15.8 Å². The normalized spacial score (nSPS) is 12.1. The summed E-state index contributed by atoms with van der Waals surface area (Å²) in [7, 11) is 0. The van der Waals surface area contributed by atoms with Crippen LogP contribution in [0, 0.1) is 0 Å². The number of nitrogens with one attached hydrogen (secondary N) is 2. The van der Waals surface area contributed by atoms with Crippen LogP contribution in [0.5, 0.6) is 0 Å². The van der Waals surface area contributed by atoms with Crippen molar-refractivity contribution in [2.45, 2.75) is 19.5 Å². The van der Waals surface area contributed by atoms with Crippen molar-refractivity contribution in [2.24, 2.45) is 0 Å². The van der Waals surface area contributed by atoms with Crippen molar-refractivity contribution >= 4 is 21.8 Å². The topological polar surface area (TPSA) is 54.3 Å². The van der Waals surface area contributed by atoms with Crippen molar-refractivity contribution < 1.29 is 9.21 Å². The number of furan rings is 1. The number of rotatable bonds is 6. The highest BCUT2D eigenvalue weighted by Crippen LogP contribution is 2.22. The Morgan fingerprint density at radius 3 is 2.80 bits per heavy atom. The summed E-state index contributed by atoms with van der Waals surface area (Å²) < 4.78 is 6.19. The third-order valence-electron chi connectivity index (χ3n) is 2.98. The van der Waals surface area contributed by atoms with Crippen LogP contribution in [0.25, 0.3) is 0 Å². The molecule has 0 fully saturated rings. The summed E-state index contributed by atoms with van der Waals surface area (Å²) in [5, 5.41) is 6.00. The van der Waals surface area contributed by atoms with Gasteiger partial charge in [-0.1, -0.05) is 34.1 Å². The standard InChI is InChI=1S/C15H17BrN2O2/c1-11(13-6-2-3-7-14(13)16)17-10-15(19)18-9-12-5-4-8-20-12/h2-8,11,17H,9-10H2,1H3,(H,18,19). The molecule has 106 valence electrons. The van der Waals surface area contributed by atoms with E-state index in [4.69, 9.17) is 4.42 Å². The Bertz CT molecular complexity index is 555. The molecule has 1 atom stereocenters. The third kappa shape index (κ3) is 4.21. The first-order valence-electron chi connectivity index (χ1n) is 6.43. The number of amides is 1. The zero-order chi connectivity index (χ0) is 14.4. The molecule has 2 rings (SSSR count). The average molecular weight is 337 g/mol. The number of hydrogen-bond acceptors (Lipinski definition) is 3. The zero-order valence-corrected chi connectivity index (χ0v) is 12.8. The Hall–Kier alpha value is -1.59. The van der Waals surface area contributed by atoms with E-state index in [1.807, 2.05) is 37.3 Å². The minimum absolute atomic E-state index is 0.0553. The van der Waals surface area contributed by atoms with Gasteiger partial charge in [0.05, 0.1) is 19.4 Å². The van der Waals surface area contributed by atoms with Crippen molar-refractivity contribution in [2.75, 3.05) is 6.54 Å². The lowest BCUT2D eigenvalue weighted by molar-refractivity contribution is -0.120. The summed E-state index contributed by atoms with van der Waals surface area (Å²) in [6.07, 6.45) is 1.59. The number of hydrogen-bond donors (Lipinski definition) is 2. The van der Waals surface area contributed by atoms with Gasteiger partial charge in [-0.2, -0.15) is 0 Å². The van der Waals surface area contributed by atoms with Crippen molar-refractivity contribution in [3.63, 3.8) is 0 Å². The maximum atomic E-state index is 11.7. The molecule has 0 aliphatic rings. The summed E-state index contributed by atoms with van der Waals surface area (Å²) in [5.74, 6) is 0.692. The quantitative estimate of drug-likeness (QED) is 0.852. The fourth-order valence-electron chi connectivity index (χ4n) is 1.84. The van der Waals surface area contributed by atoms with Crippen LogP contribution < -0.4 is 10.6 Å². The van der Waals surface area contributed by atoms with Gasteiger partial charge in [-0.3, -0.25) is 4.79 Å². The van der Waals surface area contributed by atoms with Crippen molar-refractivity contribution in [3.8, 4) is 0 Å². The minimum atomic E-state index is -0.0553. The molecule has 1 heterocycles. The molecule has 5 heteroatoms. The van der Waals surface area contributed by atoms with E-state index in [1.165, 1.54) is 0 Å². The lowest BCUT2D eigenvalue weighted by Crippen LogP contribution is -2.34. The largest absolute Gasteiger partial charge is 0.467 e. The number of benzene rings is 1. The number of carbonyl (C=O) groups is 1. The van der Waals surface area contributed by atoms with E-state index in [0.29, 0.717) is 6.54 Å². The van der Waals surface area contributed by atoms with Gasteiger partial charge in [0.25, 0.3) is 0 Å². The van der Waals surface area contributed by atoms with E-state index >= 15 is 0 Å². The number of carbonyl (C=O) groups excluding carboxylic acids is 1. The lowest BCUT2D eigenvalue weighted by Gasteiger charge is -2.15.